The lowest BCUT2D eigenvalue weighted by Crippen LogP contribution is -2.44. The topological polar surface area (TPSA) is 220 Å². The molecule has 6 aromatic rings. The Morgan fingerprint density at radius 2 is 0.889 bits per heavy atom. The second-order valence-electron chi connectivity index (χ2n) is 23.3. The minimum Gasteiger partial charge on any atom is -0.469 e. The van der Waals surface area contributed by atoms with Gasteiger partial charge in [0.1, 0.15) is 0 Å². The van der Waals surface area contributed by atoms with Crippen LogP contribution in [0.4, 0.5) is 0 Å². The molecular formula is C74H89N7O9. The van der Waals surface area contributed by atoms with E-state index in [1.807, 2.05) is 177 Å². The van der Waals surface area contributed by atoms with Gasteiger partial charge in [0.15, 0.2) is 0 Å². The molecule has 7 N–H and O–H groups in total. The second kappa shape index (κ2) is 35.2. The van der Waals surface area contributed by atoms with Crippen LogP contribution in [-0.4, -0.2) is 119 Å². The fraction of sp³-hybridized carbons (Fsp3) is 0.351. The number of nitrogens with one attached hydrogen (secondary N) is 5. The molecule has 0 aromatic heterocycles. The predicted molar refractivity (Wildman–Crippen MR) is 356 cm³/mol. The first-order chi connectivity index (χ1) is 43.5. The number of rotatable bonds is 22. The van der Waals surface area contributed by atoms with Crippen molar-refractivity contribution >= 4 is 35.6 Å². The number of nitrogens with zero attached hydrogens (tertiary/aromatic N) is 1. The van der Waals surface area contributed by atoms with E-state index in [1.165, 1.54) is 26.9 Å². The third-order valence-electron chi connectivity index (χ3n) is 16.9. The van der Waals surface area contributed by atoms with Gasteiger partial charge in [-0.05, 0) is 161 Å². The highest BCUT2D eigenvalue weighted by atomic mass is 16.5. The molecule has 3 aliphatic rings. The summed E-state index contributed by atoms with van der Waals surface area (Å²) in [6.45, 7) is 14.5. The Morgan fingerprint density at radius 3 is 1.26 bits per heavy atom. The highest BCUT2D eigenvalue weighted by Gasteiger charge is 2.33. The van der Waals surface area contributed by atoms with E-state index in [0.29, 0.717) is 54.2 Å². The van der Waals surface area contributed by atoms with E-state index < -0.39 is 17.9 Å². The minimum absolute atomic E-state index is 0.173. The molecule has 0 spiro atoms. The first kappa shape index (κ1) is 68.4. The second-order valence-corrected chi connectivity index (χ2v) is 23.3. The smallest absolute Gasteiger partial charge is 0.311 e. The fourth-order valence-electron chi connectivity index (χ4n) is 11.5. The van der Waals surface area contributed by atoms with Crippen molar-refractivity contribution in [2.24, 2.45) is 29.4 Å². The van der Waals surface area contributed by atoms with E-state index >= 15 is 0 Å². The lowest BCUT2D eigenvalue weighted by Gasteiger charge is -2.31. The standard InChI is InChI=1S/C26H31N3O3.C24H30N2O3.C24H28N2O3/c1-18(24(26(31)32-3)16-20-8-7-15-29(17-20)19(2)27)28-25(30)23-13-11-22(12-14-23)21-9-5-4-6-10-21;2*1-17(22(24(28)29-2)15-18-7-6-14-25-16-18)26-23(27)21-12-10-20(11-13-21)19-8-4-3-5-9-19/h4-6,8-14,18,24H,2,7,15-17,27H2,1,3H3,(H,28,30);3-5,8-13,17-18,22,25H,6-7,14-16H2,1-2H3,(H,26,27);3-5,7-13,17,22,25H,6,14-16H2,1-2H3,(H,26,27)/t18-,24-;17-,18?,22-;17-,22-/m111/s1. The number of methoxy groups -OCH3 is 3. The molecule has 7 atom stereocenters. The molecule has 9 rings (SSSR count). The summed E-state index contributed by atoms with van der Waals surface area (Å²) in [6.07, 6.45) is 10.1. The largest absolute Gasteiger partial charge is 0.469 e. The van der Waals surface area contributed by atoms with Crippen LogP contribution in [0.5, 0.6) is 0 Å². The van der Waals surface area contributed by atoms with Crippen LogP contribution < -0.4 is 32.3 Å². The predicted octanol–water partition coefficient (Wildman–Crippen LogP) is 10.9. The van der Waals surface area contributed by atoms with Gasteiger partial charge in [-0.3, -0.25) is 28.8 Å². The zero-order valence-corrected chi connectivity index (χ0v) is 52.9. The van der Waals surface area contributed by atoms with Crippen molar-refractivity contribution in [1.29, 1.82) is 0 Å². The molecule has 1 unspecified atom stereocenters. The van der Waals surface area contributed by atoms with Crippen molar-refractivity contribution in [2.75, 3.05) is 60.6 Å². The van der Waals surface area contributed by atoms with Crippen LogP contribution in [0.15, 0.2) is 199 Å². The highest BCUT2D eigenvalue weighted by Crippen LogP contribution is 2.28. The molecule has 90 heavy (non-hydrogen) atoms. The normalized spacial score (nSPS) is 16.5. The molecule has 1 fully saturated rings. The first-order valence-electron chi connectivity index (χ1n) is 31.1. The van der Waals surface area contributed by atoms with Crippen molar-refractivity contribution in [1.82, 2.24) is 31.5 Å². The van der Waals surface area contributed by atoms with Gasteiger partial charge in [-0.15, -0.1) is 0 Å². The molecule has 0 saturated carbocycles. The average molecular weight is 1220 g/mol. The molecule has 1 saturated heterocycles. The van der Waals surface area contributed by atoms with Gasteiger partial charge in [0, 0.05) is 54.5 Å². The maximum Gasteiger partial charge on any atom is 0.311 e. The Bertz CT molecular complexity index is 3350. The van der Waals surface area contributed by atoms with E-state index in [2.05, 4.69) is 45.3 Å². The van der Waals surface area contributed by atoms with Crippen molar-refractivity contribution in [3.05, 3.63) is 216 Å². The number of amides is 3. The van der Waals surface area contributed by atoms with Gasteiger partial charge in [-0.25, -0.2) is 0 Å². The van der Waals surface area contributed by atoms with Crippen LogP contribution in [0, 0.1) is 23.7 Å². The Morgan fingerprint density at radius 1 is 0.511 bits per heavy atom. The van der Waals surface area contributed by atoms with Crippen LogP contribution in [0.2, 0.25) is 0 Å². The number of piperidine rings is 1. The van der Waals surface area contributed by atoms with Crippen molar-refractivity contribution in [3.63, 3.8) is 0 Å². The van der Waals surface area contributed by atoms with Gasteiger partial charge in [0.2, 0.25) is 0 Å². The Labute approximate surface area is 531 Å². The SMILES string of the molecule is C=C(N)N1CCC=C(C[C@@H](C(=O)OC)[C@@H](C)NC(=O)c2ccc(-c3ccccc3)cc2)C1.COC(=O)[C@H](CC1=CCCNC1)[C@@H](C)NC(=O)c1ccc(-c2ccccc2)cc1.COC(=O)[C@H](CC1CCCNC1)[C@@H](C)NC(=O)c1ccc(-c2ccccc2)cc1. The summed E-state index contributed by atoms with van der Waals surface area (Å²) in [5.74, 6) is -1.81. The highest BCUT2D eigenvalue weighted by molar-refractivity contribution is 5.96. The molecule has 16 nitrogen and oxygen atoms in total. The van der Waals surface area contributed by atoms with Crippen LogP contribution in [-0.2, 0) is 28.6 Å². The Hall–Kier alpha value is -9.12. The molecule has 3 heterocycles. The lowest BCUT2D eigenvalue weighted by atomic mass is 9.85. The van der Waals surface area contributed by atoms with E-state index in [9.17, 15) is 28.8 Å². The Kier molecular flexibility index (Phi) is 26.7. The molecule has 0 bridgehead atoms. The molecule has 3 aliphatic heterocycles. The number of ether oxygens (including phenoxy) is 3. The molecule has 6 aromatic carbocycles. The maximum absolute atomic E-state index is 12.8. The molecule has 0 radical (unpaired) electrons. The van der Waals surface area contributed by atoms with Crippen LogP contribution in [0.25, 0.3) is 33.4 Å². The van der Waals surface area contributed by atoms with Crippen LogP contribution in [0.3, 0.4) is 0 Å². The van der Waals surface area contributed by atoms with E-state index in [1.54, 1.807) is 12.1 Å². The Balaban J connectivity index is 0.000000192. The molecule has 3 amide bonds. The van der Waals surface area contributed by atoms with E-state index in [4.69, 9.17) is 19.9 Å². The van der Waals surface area contributed by atoms with Crippen LogP contribution in [0.1, 0.15) is 96.8 Å². The zero-order valence-electron chi connectivity index (χ0n) is 52.9. The summed E-state index contributed by atoms with van der Waals surface area (Å²) in [5, 5.41) is 15.6. The van der Waals surface area contributed by atoms with Gasteiger partial charge >= 0.3 is 17.9 Å². The summed E-state index contributed by atoms with van der Waals surface area (Å²) in [5.41, 5.74) is 16.3. The van der Waals surface area contributed by atoms with Gasteiger partial charge in [0.25, 0.3) is 17.7 Å². The lowest BCUT2D eigenvalue weighted by molar-refractivity contribution is -0.147. The van der Waals surface area contributed by atoms with Crippen molar-refractivity contribution in [3.8, 4) is 33.4 Å². The number of carbonyl (C=O) groups is 6. The third kappa shape index (κ3) is 20.5. The molecule has 16 heteroatoms. The summed E-state index contributed by atoms with van der Waals surface area (Å²) >= 11 is 0. The van der Waals surface area contributed by atoms with E-state index in [-0.39, 0.29) is 53.6 Å². The maximum atomic E-state index is 12.8. The fourth-order valence-corrected chi connectivity index (χ4v) is 11.5. The summed E-state index contributed by atoms with van der Waals surface area (Å²) in [6, 6.07) is 51.5. The summed E-state index contributed by atoms with van der Waals surface area (Å²) in [4.78, 5) is 77.5. The summed E-state index contributed by atoms with van der Waals surface area (Å²) in [7, 11) is 4.17. The number of esters is 3. The van der Waals surface area contributed by atoms with Gasteiger partial charge < -0.3 is 51.4 Å². The monoisotopic (exact) mass is 1220 g/mol. The molecule has 474 valence electrons. The van der Waals surface area contributed by atoms with Crippen molar-refractivity contribution in [2.45, 2.75) is 83.8 Å². The molecular weight excluding hydrogens is 1130 g/mol. The van der Waals surface area contributed by atoms with Crippen molar-refractivity contribution < 1.29 is 43.0 Å². The van der Waals surface area contributed by atoms with E-state index in [0.717, 1.165) is 97.4 Å². The van der Waals surface area contributed by atoms with Crippen LogP contribution >= 0.6 is 0 Å². The number of nitrogens with two attached hydrogens (primary N) is 1. The number of benzene rings is 6. The quantitative estimate of drug-likeness (QED) is 0.0212. The number of carbonyl (C=O) groups excluding carboxylic acids is 6. The minimum atomic E-state index is -0.496. The molecule has 0 aliphatic carbocycles. The summed E-state index contributed by atoms with van der Waals surface area (Å²) < 4.78 is 15.0. The first-order valence-corrected chi connectivity index (χ1v) is 31.1. The van der Waals surface area contributed by atoms with Gasteiger partial charge in [-0.2, -0.15) is 0 Å². The van der Waals surface area contributed by atoms with Gasteiger partial charge in [-0.1, -0.05) is 157 Å². The number of hydrogen-bond acceptors (Lipinski definition) is 13. The third-order valence-corrected chi connectivity index (χ3v) is 16.9. The zero-order chi connectivity index (χ0) is 64.4. The average Bonchev–Trinajstić information content (AvgIpc) is 2.59. The number of hydrogen-bond donors (Lipinski definition) is 6. The van der Waals surface area contributed by atoms with Gasteiger partial charge in [0.05, 0.1) is 44.9 Å².